The van der Waals surface area contributed by atoms with Gasteiger partial charge in [-0.15, -0.1) is 0 Å². The molecule has 8 rings (SSSR count). The molecule has 0 aliphatic rings. The maximum absolute atomic E-state index is 13.2. The van der Waals surface area contributed by atoms with Crippen LogP contribution in [0.3, 0.4) is 0 Å². The molecule has 0 saturated heterocycles. The number of ether oxygens (including phenoxy) is 3. The Morgan fingerprint density at radius 3 is 1.36 bits per heavy atom. The summed E-state index contributed by atoms with van der Waals surface area (Å²) in [6.45, 7) is 15.7. The van der Waals surface area contributed by atoms with E-state index in [1.807, 2.05) is 159 Å². The monoisotopic (exact) mass is 1160 g/mol. The van der Waals surface area contributed by atoms with Crippen LogP contribution in [-0.4, -0.2) is 144 Å². The molecule has 2 aromatic heterocycles. The first kappa shape index (κ1) is 64.2. The van der Waals surface area contributed by atoms with Gasteiger partial charge >= 0.3 is 18.0 Å². The van der Waals surface area contributed by atoms with Gasteiger partial charge in [0.2, 0.25) is 23.4 Å². The fraction of sp³-hybridized carbons (Fsp3) is 0.286. The Morgan fingerprint density at radius 1 is 0.541 bits per heavy atom. The number of carboxylic acids is 2. The number of aliphatic carboxylic acids is 2. The lowest BCUT2D eigenvalue weighted by molar-refractivity contribution is -0.159. The third-order valence-electron chi connectivity index (χ3n) is 12.6. The molecule has 5 N–H and O–H groups in total. The number of benzene rings is 6. The number of aryl methyl sites for hydroxylation is 4. The number of carbonyl (C=O) groups is 5. The van der Waals surface area contributed by atoms with Gasteiger partial charge in [0.05, 0.1) is 25.6 Å². The summed E-state index contributed by atoms with van der Waals surface area (Å²) in [5, 5.41) is 32.1. The van der Waals surface area contributed by atoms with Gasteiger partial charge in [-0.3, -0.25) is 14.5 Å². The van der Waals surface area contributed by atoms with Gasteiger partial charge in [0.1, 0.15) is 17.1 Å². The van der Waals surface area contributed by atoms with Crippen molar-refractivity contribution in [2.24, 2.45) is 0 Å². The largest absolute Gasteiger partial charge is 0.495 e. The summed E-state index contributed by atoms with van der Waals surface area (Å²) in [6, 6.07) is 37.8. The van der Waals surface area contributed by atoms with E-state index >= 15 is 0 Å². The van der Waals surface area contributed by atoms with E-state index in [4.69, 9.17) is 43.1 Å². The Kier molecular flexibility index (Phi) is 22.2. The molecule has 8 aromatic rings. The molecule has 0 saturated carbocycles. The van der Waals surface area contributed by atoms with Crippen molar-refractivity contribution >= 4 is 52.6 Å². The zero-order chi connectivity index (χ0) is 62.1. The van der Waals surface area contributed by atoms with Gasteiger partial charge in [-0.25, -0.2) is 14.4 Å². The van der Waals surface area contributed by atoms with Crippen LogP contribution in [0.4, 0.5) is 27.5 Å². The number of hydrogen-bond acceptors (Lipinski definition) is 17. The fourth-order valence-corrected chi connectivity index (χ4v) is 8.34. The molecule has 22 nitrogen and oxygen atoms in total. The molecular formula is C63H72N10O12. The maximum Gasteiger partial charge on any atom is 0.414 e. The number of nitrogens with one attached hydrogen (secondary N) is 3. The Hall–Kier alpha value is -9.93. The number of likely N-dealkylation sites (N-methyl/N-ethyl adjacent to an activating group) is 2. The topological polar surface area (TPSA) is 277 Å². The maximum atomic E-state index is 13.2. The number of anilines is 4. The van der Waals surface area contributed by atoms with E-state index in [0.29, 0.717) is 70.5 Å². The predicted molar refractivity (Wildman–Crippen MR) is 326 cm³/mol. The average molecular weight is 1160 g/mol. The van der Waals surface area contributed by atoms with Gasteiger partial charge in [-0.2, -0.15) is 9.97 Å². The first-order valence-electron chi connectivity index (χ1n) is 26.8. The summed E-state index contributed by atoms with van der Waals surface area (Å²) in [5.74, 6) is -0.714. The molecule has 0 spiro atoms. The molecule has 3 amide bonds. The minimum atomic E-state index is -1.82. The molecule has 0 bridgehead atoms. The third-order valence-corrected chi connectivity index (χ3v) is 12.6. The number of rotatable bonds is 18. The predicted octanol–water partition coefficient (Wildman–Crippen LogP) is 11.0. The van der Waals surface area contributed by atoms with Crippen molar-refractivity contribution in [2.75, 3.05) is 89.4 Å². The second-order valence-corrected chi connectivity index (χ2v) is 21.0. The van der Waals surface area contributed by atoms with Gasteiger partial charge in [0.15, 0.2) is 0 Å². The van der Waals surface area contributed by atoms with Crippen molar-refractivity contribution in [3.63, 3.8) is 0 Å². The number of carboxylic acid groups (broad SMARTS) is 2. The SMILES string of the molecule is COc1ccc(NC(=O)c2ccc(-c3ccc(-c4noc(C)n4)cc3C)cc2)cc1N(CCN(C)C)C(=O)OC(C)(C)C.COc1ccc(NC(=O)c2ccc(-c3ccc(-c4noc(C)n4)cc3C)cc2)cc1NCCN(C)C.O=C(O)C(=O)O. The highest BCUT2D eigenvalue weighted by molar-refractivity contribution is 6.27. The number of methoxy groups -OCH3 is 2. The minimum Gasteiger partial charge on any atom is -0.495 e. The van der Waals surface area contributed by atoms with Gasteiger partial charge < -0.3 is 59.2 Å². The van der Waals surface area contributed by atoms with Crippen molar-refractivity contribution in [1.82, 2.24) is 30.1 Å². The van der Waals surface area contributed by atoms with E-state index in [1.54, 1.807) is 58.4 Å². The Labute approximate surface area is 493 Å². The van der Waals surface area contributed by atoms with E-state index in [0.717, 1.165) is 69.0 Å². The van der Waals surface area contributed by atoms with Crippen molar-refractivity contribution in [2.45, 2.75) is 54.1 Å². The summed E-state index contributed by atoms with van der Waals surface area (Å²) >= 11 is 0. The molecule has 0 aliphatic heterocycles. The molecular weight excluding hydrogens is 1090 g/mol. The van der Waals surface area contributed by atoms with Crippen molar-refractivity contribution < 1.29 is 57.4 Å². The van der Waals surface area contributed by atoms with Crippen LogP contribution in [0, 0.1) is 27.7 Å². The van der Waals surface area contributed by atoms with Crippen molar-refractivity contribution in [1.29, 1.82) is 0 Å². The minimum absolute atomic E-state index is 0.175. The summed E-state index contributed by atoms with van der Waals surface area (Å²) < 4.78 is 26.9. The molecule has 0 fully saturated rings. The van der Waals surface area contributed by atoms with E-state index in [9.17, 15) is 14.4 Å². The Balaban J connectivity index is 0.000000251. The third kappa shape index (κ3) is 18.5. The highest BCUT2D eigenvalue weighted by atomic mass is 16.6. The van der Waals surface area contributed by atoms with Crippen LogP contribution >= 0.6 is 0 Å². The van der Waals surface area contributed by atoms with Crippen LogP contribution in [0.5, 0.6) is 11.5 Å². The summed E-state index contributed by atoms with van der Waals surface area (Å²) in [7, 11) is 11.1. The van der Waals surface area contributed by atoms with E-state index in [1.165, 1.54) is 4.90 Å². The van der Waals surface area contributed by atoms with Crippen LogP contribution in [0.25, 0.3) is 45.0 Å². The zero-order valence-electron chi connectivity index (χ0n) is 50.0. The molecule has 6 aromatic carbocycles. The van der Waals surface area contributed by atoms with Crippen LogP contribution < -0.4 is 30.3 Å². The van der Waals surface area contributed by atoms with Crippen LogP contribution in [0.2, 0.25) is 0 Å². The normalized spacial score (nSPS) is 10.9. The molecule has 0 radical (unpaired) electrons. The van der Waals surface area contributed by atoms with E-state index < -0.39 is 23.6 Å². The van der Waals surface area contributed by atoms with E-state index in [2.05, 4.69) is 41.1 Å². The molecule has 22 heteroatoms. The first-order chi connectivity index (χ1) is 40.3. The van der Waals surface area contributed by atoms with Crippen LogP contribution in [-0.2, 0) is 14.3 Å². The van der Waals surface area contributed by atoms with Crippen molar-refractivity contribution in [3.8, 4) is 56.5 Å². The molecule has 2 heterocycles. The number of nitrogens with zero attached hydrogens (tertiary/aromatic N) is 7. The van der Waals surface area contributed by atoms with Gasteiger partial charge in [-0.1, -0.05) is 58.8 Å². The Morgan fingerprint density at radius 2 is 0.976 bits per heavy atom. The number of aromatic nitrogens is 4. The van der Waals surface area contributed by atoms with Gasteiger partial charge in [0, 0.05) is 73.7 Å². The first-order valence-corrected chi connectivity index (χ1v) is 26.8. The highest BCUT2D eigenvalue weighted by Crippen LogP contribution is 2.35. The van der Waals surface area contributed by atoms with Gasteiger partial charge in [-0.05, 0) is 169 Å². The lowest BCUT2D eigenvalue weighted by Crippen LogP contribution is -2.40. The smallest absolute Gasteiger partial charge is 0.414 e. The van der Waals surface area contributed by atoms with Gasteiger partial charge in [0.25, 0.3) is 11.8 Å². The second-order valence-electron chi connectivity index (χ2n) is 21.0. The highest BCUT2D eigenvalue weighted by Gasteiger charge is 2.27. The second kappa shape index (κ2) is 29.4. The quantitative estimate of drug-likeness (QED) is 0.0499. The zero-order valence-corrected chi connectivity index (χ0v) is 50.0. The summed E-state index contributed by atoms with van der Waals surface area (Å²) in [5.41, 5.74) is 11.0. The number of carbonyl (C=O) groups excluding carboxylic acids is 3. The van der Waals surface area contributed by atoms with Crippen molar-refractivity contribution in [3.05, 3.63) is 155 Å². The number of hydrogen-bond donors (Lipinski definition) is 5. The summed E-state index contributed by atoms with van der Waals surface area (Å²) in [4.78, 5) is 71.7. The van der Waals surface area contributed by atoms with Crippen LogP contribution in [0.15, 0.2) is 130 Å². The molecule has 0 unspecified atom stereocenters. The lowest BCUT2D eigenvalue weighted by atomic mass is 9.97. The fourth-order valence-electron chi connectivity index (χ4n) is 8.34. The molecule has 85 heavy (non-hydrogen) atoms. The molecule has 446 valence electrons. The lowest BCUT2D eigenvalue weighted by Gasteiger charge is -2.29. The van der Waals surface area contributed by atoms with E-state index in [-0.39, 0.29) is 11.8 Å². The molecule has 0 aliphatic carbocycles. The summed E-state index contributed by atoms with van der Waals surface area (Å²) in [6.07, 6.45) is -0.498. The standard InChI is InChI=1S/C33H39N5O5.C28H31N5O3.C2H2O4/c1-21-19-25(30-34-22(2)43-36-30)13-15-27(21)23-9-11-24(12-10-23)31(39)35-26-14-16-29(41-8)28(20-26)38(18-17-37(6)7)32(40)42-33(3,4)5;1-18-16-22(27-30-19(2)36-32-27)10-12-24(18)20-6-8-21(9-7-20)28(34)31-23-11-13-26(35-5)25(17-23)29-14-15-33(3)4;3-1(4)2(5)6/h9-16,19-20H,17-18H2,1-8H3,(H,35,39);6-13,16-17,29H,14-15H2,1-5H3,(H,31,34);(H,3,4)(H,5,6). The van der Waals surface area contributed by atoms with Crippen LogP contribution in [0.1, 0.15) is 64.4 Å². The molecule has 0 atom stereocenters. The number of amides is 3. The average Bonchev–Trinajstić information content (AvgIpc) is 4.25. The Bertz CT molecular complexity index is 3600.